The zero-order valence-corrected chi connectivity index (χ0v) is 58.4. The Hall–Kier alpha value is -12.3. The summed E-state index contributed by atoms with van der Waals surface area (Å²) in [5.74, 6) is 0.991. The van der Waals surface area contributed by atoms with Gasteiger partial charge in [-0.15, -0.1) is 22.7 Å². The molecule has 488 valence electrons. The van der Waals surface area contributed by atoms with E-state index in [1.54, 1.807) is 0 Å². The molecule has 0 aliphatic rings. The van der Waals surface area contributed by atoms with E-state index < -0.39 is 0 Å². The Morgan fingerprint density at radius 2 is 1.02 bits per heavy atom. The van der Waals surface area contributed by atoms with Crippen LogP contribution < -0.4 is 20.4 Å². The van der Waals surface area contributed by atoms with Gasteiger partial charge in [-0.1, -0.05) is 207 Å². The second-order valence-electron chi connectivity index (χ2n) is 26.7. The third-order valence-corrected chi connectivity index (χ3v) is 22.5. The van der Waals surface area contributed by atoms with E-state index >= 15 is 0 Å². The molecule has 1 unspecified atom stereocenters. The minimum absolute atomic E-state index is 0.146. The maximum atomic E-state index is 5.03. The highest BCUT2D eigenvalue weighted by Crippen LogP contribution is 2.46. The number of pyridine rings is 1. The Morgan fingerprint density at radius 1 is 0.422 bits per heavy atom. The number of fused-ring (bicyclic) bond motifs is 12. The van der Waals surface area contributed by atoms with Crippen LogP contribution in [0.3, 0.4) is 0 Å². The largest absolute Gasteiger partial charge is 0.356 e. The van der Waals surface area contributed by atoms with E-state index in [0.29, 0.717) is 0 Å². The second-order valence-corrected chi connectivity index (χ2v) is 28.8. The van der Waals surface area contributed by atoms with Crippen molar-refractivity contribution >= 4 is 152 Å². The molecule has 18 rings (SSSR count). The predicted octanol–water partition coefficient (Wildman–Crippen LogP) is 27.4. The Balaban J connectivity index is 0.726. The molecule has 0 bridgehead atoms. The van der Waals surface area contributed by atoms with Gasteiger partial charge in [0.2, 0.25) is 0 Å². The van der Waals surface area contributed by atoms with Crippen molar-refractivity contribution in [3.63, 3.8) is 0 Å². The van der Waals surface area contributed by atoms with Crippen LogP contribution in [0.4, 0.5) is 45.6 Å². The number of para-hydroxylation sites is 2. The first kappa shape index (κ1) is 62.0. The lowest BCUT2D eigenvalue weighted by atomic mass is 9.92. The van der Waals surface area contributed by atoms with Crippen LogP contribution in [0.15, 0.2) is 357 Å². The molecule has 0 aliphatic carbocycles. The van der Waals surface area contributed by atoms with E-state index in [-0.39, 0.29) is 5.92 Å². The van der Waals surface area contributed by atoms with Crippen LogP contribution in [0.1, 0.15) is 38.7 Å². The van der Waals surface area contributed by atoms with Crippen molar-refractivity contribution in [1.29, 1.82) is 0 Å². The predicted molar refractivity (Wildman–Crippen MR) is 439 cm³/mol. The molecule has 14 aromatic carbocycles. The second kappa shape index (κ2) is 26.4. The molecule has 8 heteroatoms. The molecule has 0 fully saturated rings. The minimum Gasteiger partial charge on any atom is -0.356 e. The van der Waals surface area contributed by atoms with Gasteiger partial charge < -0.3 is 20.1 Å². The van der Waals surface area contributed by atoms with Crippen LogP contribution in [0.5, 0.6) is 0 Å². The summed E-state index contributed by atoms with van der Waals surface area (Å²) >= 11 is 3.71. The van der Waals surface area contributed by atoms with Gasteiger partial charge in [0.25, 0.3) is 0 Å². The van der Waals surface area contributed by atoms with Gasteiger partial charge in [0, 0.05) is 114 Å². The number of anilines is 8. The lowest BCUT2D eigenvalue weighted by Crippen LogP contribution is -2.17. The molecule has 0 saturated heterocycles. The highest BCUT2D eigenvalue weighted by molar-refractivity contribution is 7.27. The Bertz CT molecular complexity index is 6270. The molecule has 0 aliphatic heterocycles. The Morgan fingerprint density at radius 3 is 1.81 bits per heavy atom. The first-order chi connectivity index (χ1) is 50.3. The SMILES string of the molecule is C/C(CC(C)c1ccc(N(c2ccc3c(c2)sc2ccc(Nc4ccc5ccccc5c4)cc23)c2ccc3c(c2)c2ccccc2n3-c2ccccc2)cc1)=C(\C=C(/C)N(c1ccc2c(c1)sc1c3ccccc3ccc21)c1ccccn1)Nc1ccc(-c2ccccc2)c(-c2ccccc2)c1. The number of benzene rings is 14. The van der Waals surface area contributed by atoms with Crippen molar-refractivity contribution in [3.8, 4) is 27.9 Å². The summed E-state index contributed by atoms with van der Waals surface area (Å²) in [5, 5.41) is 20.2. The van der Waals surface area contributed by atoms with Crippen molar-refractivity contribution < 1.29 is 0 Å². The zero-order valence-electron chi connectivity index (χ0n) is 56.7. The highest BCUT2D eigenvalue weighted by Gasteiger charge is 2.23. The van der Waals surface area contributed by atoms with Crippen LogP contribution in [-0.2, 0) is 0 Å². The Labute approximate surface area is 601 Å². The van der Waals surface area contributed by atoms with Gasteiger partial charge in [-0.3, -0.25) is 4.90 Å². The fourth-order valence-corrected chi connectivity index (χ4v) is 17.5. The highest BCUT2D eigenvalue weighted by atomic mass is 32.1. The molecule has 4 heterocycles. The maximum Gasteiger partial charge on any atom is 0.137 e. The van der Waals surface area contributed by atoms with Gasteiger partial charge in [-0.05, 0) is 215 Å². The number of hydrogen-bond acceptors (Lipinski definition) is 7. The summed E-state index contributed by atoms with van der Waals surface area (Å²) in [6.45, 7) is 6.88. The van der Waals surface area contributed by atoms with Crippen LogP contribution in [0, 0.1) is 0 Å². The fourth-order valence-electron chi connectivity index (χ4n) is 15.1. The summed E-state index contributed by atoms with van der Waals surface area (Å²) in [5.41, 5.74) is 20.1. The van der Waals surface area contributed by atoms with E-state index in [1.165, 1.54) is 106 Å². The third-order valence-electron chi connectivity index (χ3n) is 20.1. The molecule has 102 heavy (non-hydrogen) atoms. The van der Waals surface area contributed by atoms with E-state index in [4.69, 9.17) is 4.98 Å². The van der Waals surface area contributed by atoms with Crippen LogP contribution in [-0.4, -0.2) is 9.55 Å². The summed E-state index contributed by atoms with van der Waals surface area (Å²) in [4.78, 5) is 9.78. The minimum atomic E-state index is 0.146. The molecule has 4 aromatic heterocycles. The standard InChI is InChI=1S/C94H70N6S2/c1-61(53-62(2)87(97-72-39-47-78(66-22-7-4-8-23-66)84(56-72)67-24-9-5-10-25-67)54-63(3)98(93-33-19-20-52-95-93)76-43-48-81-83-46-37-68-26-15-16-30-79(68)94(83)102-92(81)59-76)64-35-41-74(42-36-64)99(75-45-50-89-85(58-75)80-31-17-18-32-88(80)100(89)73-28-11-6-12-29-73)77-44-49-82-86-57-71(40-51-90(86)101-91(82)60-77)96-70-38-34-65-21-13-14-27-69(65)55-70/h4-52,54-61,96-97H,53H2,1-3H3/b63-54+,87-62-. The van der Waals surface area contributed by atoms with E-state index in [0.717, 1.165) is 80.3 Å². The summed E-state index contributed by atoms with van der Waals surface area (Å²) in [6.07, 6.45) is 5.01. The van der Waals surface area contributed by atoms with Crippen molar-refractivity contribution in [3.05, 3.63) is 362 Å². The first-order valence-electron chi connectivity index (χ1n) is 34.9. The zero-order chi connectivity index (χ0) is 68.2. The summed E-state index contributed by atoms with van der Waals surface area (Å²) in [6, 6.07) is 119. The quantitative estimate of drug-likeness (QED) is 0.0890. The molecule has 1 atom stereocenters. The van der Waals surface area contributed by atoms with Crippen LogP contribution >= 0.6 is 22.7 Å². The molecule has 2 N–H and O–H groups in total. The summed E-state index contributed by atoms with van der Waals surface area (Å²) in [7, 11) is 0. The molecule has 0 amide bonds. The number of rotatable bonds is 17. The molecule has 0 radical (unpaired) electrons. The maximum absolute atomic E-state index is 5.03. The van der Waals surface area contributed by atoms with Crippen LogP contribution in [0.2, 0.25) is 0 Å². The monoisotopic (exact) mass is 1350 g/mol. The smallest absolute Gasteiger partial charge is 0.137 e. The van der Waals surface area contributed by atoms with Gasteiger partial charge in [0.1, 0.15) is 5.82 Å². The van der Waals surface area contributed by atoms with Crippen molar-refractivity contribution in [2.45, 2.75) is 33.1 Å². The average Bonchev–Trinajstić information content (AvgIpc) is 1.59. The third kappa shape index (κ3) is 11.7. The summed E-state index contributed by atoms with van der Waals surface area (Å²) < 4.78 is 7.42. The fraction of sp³-hybridized carbons (Fsp3) is 0.0532. The normalized spacial score (nSPS) is 12.5. The molecular weight excluding hydrogens is 1280 g/mol. The number of allylic oxidation sites excluding steroid dienone is 3. The van der Waals surface area contributed by atoms with E-state index in [1.807, 2.05) is 34.9 Å². The molecule has 6 nitrogen and oxygen atoms in total. The lowest BCUT2D eigenvalue weighted by molar-refractivity contribution is 0.747. The van der Waals surface area contributed by atoms with Gasteiger partial charge in [-0.25, -0.2) is 4.98 Å². The topological polar surface area (TPSA) is 48.4 Å². The molecule has 0 spiro atoms. The van der Waals surface area contributed by atoms with E-state index in [2.05, 4.69) is 373 Å². The average molecular weight is 1350 g/mol. The number of thiophene rings is 2. The first-order valence-corrected chi connectivity index (χ1v) is 36.6. The van der Waals surface area contributed by atoms with Crippen molar-refractivity contribution in [2.75, 3.05) is 20.4 Å². The van der Waals surface area contributed by atoms with Crippen molar-refractivity contribution in [2.24, 2.45) is 0 Å². The molecular formula is C94H70N6S2. The molecule has 0 saturated carbocycles. The van der Waals surface area contributed by atoms with E-state index in [9.17, 15) is 0 Å². The van der Waals surface area contributed by atoms with Gasteiger partial charge in [0.05, 0.1) is 11.0 Å². The van der Waals surface area contributed by atoms with Gasteiger partial charge >= 0.3 is 0 Å². The van der Waals surface area contributed by atoms with Crippen LogP contribution in [0.25, 0.3) is 112 Å². The van der Waals surface area contributed by atoms with Crippen molar-refractivity contribution in [1.82, 2.24) is 9.55 Å². The Kier molecular flexibility index (Phi) is 16.0. The number of nitrogens with one attached hydrogen (secondary N) is 2. The van der Waals surface area contributed by atoms with Gasteiger partial charge in [0.15, 0.2) is 0 Å². The number of nitrogens with zero attached hydrogens (tertiary/aromatic N) is 4. The molecule has 18 aromatic rings. The lowest BCUT2D eigenvalue weighted by Gasteiger charge is -2.27. The number of hydrogen-bond donors (Lipinski definition) is 2. The number of aromatic nitrogens is 2. The van der Waals surface area contributed by atoms with Gasteiger partial charge in [-0.2, -0.15) is 0 Å².